The number of hydrogen-bond acceptors (Lipinski definition) is 1. The van der Waals surface area contributed by atoms with Gasteiger partial charge in [-0.05, 0) is 53.6 Å². The lowest BCUT2D eigenvalue weighted by Crippen LogP contribution is -3.00. The Morgan fingerprint density at radius 2 is 0.824 bits per heavy atom. The van der Waals surface area contributed by atoms with Crippen molar-refractivity contribution in [1.29, 1.82) is 0 Å². The summed E-state index contributed by atoms with van der Waals surface area (Å²) in [5, 5.41) is 14.7. The highest BCUT2D eigenvalue weighted by molar-refractivity contribution is 7.95. The van der Waals surface area contributed by atoms with Crippen molar-refractivity contribution >= 4 is 23.2 Å². The van der Waals surface area contributed by atoms with E-state index in [0.717, 1.165) is 17.3 Å². The van der Waals surface area contributed by atoms with Crippen LogP contribution in [-0.2, 0) is 6.16 Å². The zero-order chi connectivity index (χ0) is 22.5. The highest BCUT2D eigenvalue weighted by Crippen LogP contribution is 2.59. The Balaban J connectivity index is 0.00000274. The van der Waals surface area contributed by atoms with Crippen molar-refractivity contribution in [3.8, 4) is 16.9 Å². The molecular weight excluding hydrogens is 499 g/mol. The molecule has 0 atom stereocenters. The second-order valence-electron chi connectivity index (χ2n) is 8.15. The van der Waals surface area contributed by atoms with E-state index < -0.39 is 7.26 Å². The summed E-state index contributed by atoms with van der Waals surface area (Å²) >= 11 is 0. The van der Waals surface area contributed by atoms with E-state index in [2.05, 4.69) is 115 Å². The van der Waals surface area contributed by atoms with Crippen LogP contribution in [0.4, 0.5) is 0 Å². The van der Waals surface area contributed by atoms with Crippen LogP contribution in [0.5, 0.6) is 5.75 Å². The summed E-state index contributed by atoms with van der Waals surface area (Å²) in [4.78, 5) is 0. The quantitative estimate of drug-likeness (QED) is 0.337. The molecule has 0 bridgehead atoms. The predicted octanol–water partition coefficient (Wildman–Crippen LogP) is 3.56. The number of aromatic hydroxyl groups is 1. The topological polar surface area (TPSA) is 20.2 Å². The van der Waals surface area contributed by atoms with Crippen LogP contribution in [0.2, 0.25) is 0 Å². The first-order valence-electron chi connectivity index (χ1n) is 11.2. The van der Waals surface area contributed by atoms with Gasteiger partial charge in [0, 0.05) is 5.56 Å². The minimum absolute atomic E-state index is 0. The maximum atomic E-state index is 10.6. The Kier molecular flexibility index (Phi) is 7.63. The molecule has 0 aliphatic heterocycles. The van der Waals surface area contributed by atoms with E-state index in [1.54, 1.807) is 6.07 Å². The fourth-order valence-corrected chi connectivity index (χ4v) is 8.92. The van der Waals surface area contributed by atoms with Gasteiger partial charge in [-0.3, -0.25) is 0 Å². The molecule has 0 heterocycles. The van der Waals surface area contributed by atoms with Crippen LogP contribution in [0.25, 0.3) is 11.1 Å². The molecule has 34 heavy (non-hydrogen) atoms. The molecule has 1 nitrogen and oxygen atoms in total. The minimum atomic E-state index is -2.02. The molecule has 0 saturated carbocycles. The molecule has 0 fully saturated rings. The molecule has 5 aromatic rings. The fraction of sp³-hybridized carbons (Fsp3) is 0.0323. The zero-order valence-electron chi connectivity index (χ0n) is 18.8. The van der Waals surface area contributed by atoms with E-state index in [9.17, 15) is 5.11 Å². The molecule has 168 valence electrons. The maximum Gasteiger partial charge on any atom is 0.123 e. The van der Waals surface area contributed by atoms with Crippen molar-refractivity contribution in [3.63, 3.8) is 0 Å². The number of phenols is 1. The van der Waals surface area contributed by atoms with E-state index in [4.69, 9.17) is 0 Å². The third-order valence-corrected chi connectivity index (χ3v) is 10.6. The summed E-state index contributed by atoms with van der Waals surface area (Å²) in [5.41, 5.74) is 3.20. The molecule has 0 aromatic heterocycles. The molecule has 0 unspecified atom stereocenters. The van der Waals surface area contributed by atoms with Gasteiger partial charge >= 0.3 is 0 Å². The van der Waals surface area contributed by atoms with Crippen LogP contribution in [0.1, 0.15) is 5.56 Å². The summed E-state index contributed by atoms with van der Waals surface area (Å²) in [6, 6.07) is 48.9. The smallest absolute Gasteiger partial charge is 0.123 e. The van der Waals surface area contributed by atoms with Gasteiger partial charge in [0.1, 0.15) is 28.9 Å². The predicted molar refractivity (Wildman–Crippen MR) is 142 cm³/mol. The Hall–Kier alpha value is -3.19. The molecule has 0 radical (unpaired) electrons. The first-order chi connectivity index (χ1) is 16.3. The van der Waals surface area contributed by atoms with E-state index in [1.807, 2.05) is 18.2 Å². The van der Waals surface area contributed by atoms with Gasteiger partial charge in [0.25, 0.3) is 0 Å². The van der Waals surface area contributed by atoms with Gasteiger partial charge in [-0.1, -0.05) is 97.1 Å². The number of hydrogen-bond donors (Lipinski definition) is 1. The highest BCUT2D eigenvalue weighted by Gasteiger charge is 2.45. The average molecular weight is 525 g/mol. The van der Waals surface area contributed by atoms with Crippen LogP contribution < -0.4 is 32.9 Å². The first-order valence-corrected chi connectivity index (χ1v) is 13.2. The minimum Gasteiger partial charge on any atom is -1.00 e. The zero-order valence-corrected chi connectivity index (χ0v) is 21.2. The summed E-state index contributed by atoms with van der Waals surface area (Å²) in [5.74, 6) is 0.313. The fourth-order valence-electron chi connectivity index (χ4n) is 4.65. The molecule has 3 heteroatoms. The molecule has 0 saturated heterocycles. The van der Waals surface area contributed by atoms with Gasteiger partial charge in [-0.2, -0.15) is 0 Å². The van der Waals surface area contributed by atoms with Crippen LogP contribution in [-0.4, -0.2) is 5.11 Å². The molecule has 0 amide bonds. The molecule has 0 spiro atoms. The van der Waals surface area contributed by atoms with Gasteiger partial charge in [-0.15, -0.1) is 0 Å². The lowest BCUT2D eigenvalue weighted by atomic mass is 10.00. The molecule has 0 aliphatic carbocycles. The Morgan fingerprint density at radius 1 is 0.441 bits per heavy atom. The monoisotopic (exact) mass is 524 g/mol. The lowest BCUT2D eigenvalue weighted by Gasteiger charge is -2.28. The second-order valence-corrected chi connectivity index (χ2v) is 11.6. The van der Waals surface area contributed by atoms with Gasteiger partial charge in [-0.25, -0.2) is 0 Å². The average Bonchev–Trinajstić information content (AvgIpc) is 2.89. The standard InChI is InChI=1S/C31H25OP.BrH/c32-31-23-13-12-22-30(31)29-21-11-10-14-25(29)24-33(26-15-4-1-5-16-26,27-17-6-2-7-18-27)28-19-8-3-9-20-28;/h1-23H,24H2;1H. The third kappa shape index (κ3) is 4.57. The Morgan fingerprint density at radius 3 is 1.29 bits per heavy atom. The summed E-state index contributed by atoms with van der Waals surface area (Å²) in [6.07, 6.45) is 0.871. The third-order valence-electron chi connectivity index (χ3n) is 6.21. The molecular formula is C31H26BrOP. The molecule has 1 N–H and O–H groups in total. The first kappa shape index (κ1) is 24.0. The van der Waals surface area contributed by atoms with E-state index in [0.29, 0.717) is 5.75 Å². The molecule has 0 aliphatic rings. The molecule has 5 aromatic carbocycles. The summed E-state index contributed by atoms with van der Waals surface area (Å²) in [6.45, 7) is 0. The van der Waals surface area contributed by atoms with Crippen LogP contribution >= 0.6 is 7.26 Å². The lowest BCUT2D eigenvalue weighted by molar-refractivity contribution is -0.00000732. The van der Waals surface area contributed by atoms with E-state index in [1.165, 1.54) is 21.5 Å². The number of benzene rings is 5. The SMILES string of the molecule is Oc1ccccc1-c1ccccc1C[P+](c1ccccc1)(c1ccccc1)c1ccccc1.[Br-]. The van der Waals surface area contributed by atoms with Gasteiger partial charge in [0.15, 0.2) is 0 Å². The number of phenolic OH excluding ortho intramolecular Hbond substituents is 1. The van der Waals surface area contributed by atoms with Crippen molar-refractivity contribution < 1.29 is 22.1 Å². The van der Waals surface area contributed by atoms with E-state index in [-0.39, 0.29) is 17.0 Å². The summed E-state index contributed by atoms with van der Waals surface area (Å²) in [7, 11) is -2.02. The van der Waals surface area contributed by atoms with Crippen molar-refractivity contribution in [2.75, 3.05) is 0 Å². The van der Waals surface area contributed by atoms with Crippen molar-refractivity contribution in [3.05, 3.63) is 145 Å². The normalized spacial score (nSPS) is 10.9. The summed E-state index contributed by atoms with van der Waals surface area (Å²) < 4.78 is 0. The van der Waals surface area contributed by atoms with Gasteiger partial charge in [0.2, 0.25) is 0 Å². The number of halogens is 1. The van der Waals surface area contributed by atoms with Gasteiger partial charge < -0.3 is 22.1 Å². The van der Waals surface area contributed by atoms with Crippen molar-refractivity contribution in [2.45, 2.75) is 6.16 Å². The maximum absolute atomic E-state index is 10.6. The Labute approximate surface area is 212 Å². The van der Waals surface area contributed by atoms with Crippen LogP contribution in [0.15, 0.2) is 140 Å². The largest absolute Gasteiger partial charge is 1.00 e. The van der Waals surface area contributed by atoms with Crippen molar-refractivity contribution in [2.24, 2.45) is 0 Å². The molecule has 5 rings (SSSR count). The van der Waals surface area contributed by atoms with Crippen LogP contribution in [0, 0.1) is 0 Å². The number of rotatable bonds is 6. The van der Waals surface area contributed by atoms with E-state index >= 15 is 0 Å². The Bertz CT molecular complexity index is 1240. The highest BCUT2D eigenvalue weighted by atomic mass is 79.9. The second kappa shape index (κ2) is 10.8. The van der Waals surface area contributed by atoms with Crippen molar-refractivity contribution in [1.82, 2.24) is 0 Å². The van der Waals surface area contributed by atoms with Gasteiger partial charge in [0.05, 0.1) is 6.16 Å². The number of para-hydroxylation sites is 1. The van der Waals surface area contributed by atoms with Crippen LogP contribution in [0.3, 0.4) is 0 Å².